The molecule has 4 N–H and O–H groups in total. The Balaban J connectivity index is 1.67. The highest BCUT2D eigenvalue weighted by atomic mass is 79.9. The molecule has 0 aliphatic heterocycles. The van der Waals surface area contributed by atoms with E-state index in [0.717, 1.165) is 11.1 Å². The van der Waals surface area contributed by atoms with Crippen LogP contribution in [0.3, 0.4) is 0 Å². The molecule has 0 aliphatic carbocycles. The van der Waals surface area contributed by atoms with Gasteiger partial charge in [0.05, 0.1) is 34.9 Å². The molecule has 0 spiro atoms. The number of hydrogen-bond donors (Lipinski definition) is 4. The summed E-state index contributed by atoms with van der Waals surface area (Å²) in [5, 5.41) is 16.6. The molecule has 0 fully saturated rings. The van der Waals surface area contributed by atoms with Gasteiger partial charge in [-0.25, -0.2) is 0 Å². The highest BCUT2D eigenvalue weighted by molar-refractivity contribution is 9.10. The number of nitrogens with one attached hydrogen (secondary N) is 4. The van der Waals surface area contributed by atoms with Crippen LogP contribution < -0.4 is 34.9 Å². The Bertz CT molecular complexity index is 1340. The number of ether oxygens (including phenoxy) is 4. The van der Waals surface area contributed by atoms with Crippen molar-refractivity contribution in [3.05, 3.63) is 81.8 Å². The molecule has 212 valence electrons. The molecular weight excluding hydrogens is 580 g/mol. The minimum Gasteiger partial charge on any atom is -0.493 e. The van der Waals surface area contributed by atoms with Crippen LogP contribution in [0.25, 0.3) is 0 Å². The normalized spacial score (nSPS) is 11.1. The maximum atomic E-state index is 13.2. The molecule has 11 heteroatoms. The van der Waals surface area contributed by atoms with Gasteiger partial charge in [-0.1, -0.05) is 52.3 Å². The Kier molecular flexibility index (Phi) is 11.2. The van der Waals surface area contributed by atoms with Crippen LogP contribution in [0, 0.1) is 5.41 Å². The van der Waals surface area contributed by atoms with Crippen molar-refractivity contribution in [1.82, 2.24) is 16.0 Å². The third-order valence-electron chi connectivity index (χ3n) is 6.00. The van der Waals surface area contributed by atoms with E-state index in [2.05, 4.69) is 31.9 Å². The molecule has 3 aromatic rings. The fourth-order valence-corrected chi connectivity index (χ4v) is 4.42. The van der Waals surface area contributed by atoms with Crippen molar-refractivity contribution in [1.29, 1.82) is 5.41 Å². The Morgan fingerprint density at radius 3 is 2.10 bits per heavy atom. The second kappa shape index (κ2) is 14.8. The molecule has 1 atom stereocenters. The molecule has 3 aromatic carbocycles. The SMILES string of the molecule is COc1ccc(CNC(=O)[C@@H](Cc2ccccc2)NC(=N)NC(=O)Cc2cc(OC)c(OC)cc2Br)cc1OC. The monoisotopic (exact) mass is 612 g/mol. The number of methoxy groups -OCH3 is 4. The summed E-state index contributed by atoms with van der Waals surface area (Å²) < 4.78 is 21.9. The fourth-order valence-electron chi connectivity index (χ4n) is 3.96. The number of guanidine groups is 1. The van der Waals surface area contributed by atoms with Crippen molar-refractivity contribution in [2.24, 2.45) is 0 Å². The number of benzene rings is 3. The Morgan fingerprint density at radius 1 is 0.825 bits per heavy atom. The molecule has 0 aliphatic rings. The Labute approximate surface area is 242 Å². The first-order chi connectivity index (χ1) is 19.3. The van der Waals surface area contributed by atoms with Crippen molar-refractivity contribution in [2.75, 3.05) is 28.4 Å². The van der Waals surface area contributed by atoms with Crippen LogP contribution in [0.2, 0.25) is 0 Å². The van der Waals surface area contributed by atoms with Gasteiger partial charge in [0, 0.05) is 17.4 Å². The lowest BCUT2D eigenvalue weighted by atomic mass is 10.1. The summed E-state index contributed by atoms with van der Waals surface area (Å²) in [7, 11) is 6.14. The fraction of sp³-hybridized carbons (Fsp3) is 0.276. The molecule has 10 nitrogen and oxygen atoms in total. The first-order valence-electron chi connectivity index (χ1n) is 12.4. The van der Waals surface area contributed by atoms with Crippen molar-refractivity contribution in [2.45, 2.75) is 25.4 Å². The summed E-state index contributed by atoms with van der Waals surface area (Å²) in [4.78, 5) is 26.0. The van der Waals surface area contributed by atoms with E-state index in [1.807, 2.05) is 36.4 Å². The molecule has 0 unspecified atom stereocenters. The second-order valence-corrected chi connectivity index (χ2v) is 9.55. The molecule has 2 amide bonds. The minimum absolute atomic E-state index is 0.0279. The molecule has 0 radical (unpaired) electrons. The number of rotatable bonds is 12. The summed E-state index contributed by atoms with van der Waals surface area (Å²) in [6, 6.07) is 17.4. The molecule has 0 saturated carbocycles. The van der Waals surface area contributed by atoms with Gasteiger partial charge in [-0.15, -0.1) is 0 Å². The number of carbonyl (C=O) groups excluding carboxylic acids is 2. The second-order valence-electron chi connectivity index (χ2n) is 8.69. The van der Waals surface area contributed by atoms with Gasteiger partial charge >= 0.3 is 0 Å². The molecule has 0 heterocycles. The van der Waals surface area contributed by atoms with Crippen LogP contribution >= 0.6 is 15.9 Å². The van der Waals surface area contributed by atoms with E-state index in [9.17, 15) is 9.59 Å². The van der Waals surface area contributed by atoms with E-state index >= 15 is 0 Å². The first-order valence-corrected chi connectivity index (χ1v) is 13.1. The average molecular weight is 614 g/mol. The van der Waals surface area contributed by atoms with E-state index < -0.39 is 11.9 Å². The Hall–Kier alpha value is -4.25. The third-order valence-corrected chi connectivity index (χ3v) is 6.74. The summed E-state index contributed by atoms with van der Waals surface area (Å²) in [5.74, 6) is 1.09. The maximum Gasteiger partial charge on any atom is 0.243 e. The quantitative estimate of drug-likeness (QED) is 0.182. The van der Waals surface area contributed by atoms with Crippen LogP contribution in [0.4, 0.5) is 0 Å². The molecule has 3 rings (SSSR count). The van der Waals surface area contributed by atoms with Crippen molar-refractivity contribution in [3.8, 4) is 23.0 Å². The maximum absolute atomic E-state index is 13.2. The highest BCUT2D eigenvalue weighted by Gasteiger charge is 2.21. The van der Waals surface area contributed by atoms with Crippen molar-refractivity contribution in [3.63, 3.8) is 0 Å². The lowest BCUT2D eigenvalue weighted by Gasteiger charge is -2.21. The Morgan fingerprint density at radius 2 is 1.45 bits per heavy atom. The summed E-state index contributed by atoms with van der Waals surface area (Å²) in [6.45, 7) is 0.235. The van der Waals surface area contributed by atoms with Crippen LogP contribution in [-0.4, -0.2) is 52.3 Å². The summed E-state index contributed by atoms with van der Waals surface area (Å²) in [6.07, 6.45) is 0.276. The van der Waals surface area contributed by atoms with Gasteiger partial charge in [0.1, 0.15) is 6.04 Å². The number of hydrogen-bond acceptors (Lipinski definition) is 7. The number of halogens is 1. The van der Waals surface area contributed by atoms with Gasteiger partial charge in [-0.2, -0.15) is 0 Å². The molecule has 40 heavy (non-hydrogen) atoms. The number of amides is 2. The minimum atomic E-state index is -0.817. The van der Waals surface area contributed by atoms with Crippen LogP contribution in [0.1, 0.15) is 16.7 Å². The van der Waals surface area contributed by atoms with E-state index in [0.29, 0.717) is 39.5 Å². The predicted molar refractivity (Wildman–Crippen MR) is 155 cm³/mol. The molecule has 0 aromatic heterocycles. The van der Waals surface area contributed by atoms with Crippen LogP contribution in [0.5, 0.6) is 23.0 Å². The topological polar surface area (TPSA) is 131 Å². The zero-order chi connectivity index (χ0) is 29.1. The predicted octanol–water partition coefficient (Wildman–Crippen LogP) is 3.59. The number of carbonyl (C=O) groups is 2. The van der Waals surface area contributed by atoms with Crippen molar-refractivity contribution >= 4 is 33.7 Å². The van der Waals surface area contributed by atoms with Gasteiger partial charge in [-0.3, -0.25) is 20.3 Å². The lowest BCUT2D eigenvalue weighted by molar-refractivity contribution is -0.123. The average Bonchev–Trinajstić information content (AvgIpc) is 2.96. The summed E-state index contributed by atoms with van der Waals surface area (Å²) in [5.41, 5.74) is 2.36. The smallest absolute Gasteiger partial charge is 0.243 e. The van der Waals surface area contributed by atoms with Gasteiger partial charge in [0.15, 0.2) is 29.0 Å². The van der Waals surface area contributed by atoms with E-state index in [-0.39, 0.29) is 24.8 Å². The van der Waals surface area contributed by atoms with Gasteiger partial charge < -0.3 is 29.6 Å². The van der Waals surface area contributed by atoms with E-state index in [4.69, 9.17) is 24.4 Å². The zero-order valence-corrected chi connectivity index (χ0v) is 24.4. The molecule has 0 bridgehead atoms. The van der Waals surface area contributed by atoms with Crippen LogP contribution in [-0.2, 0) is 29.0 Å². The van der Waals surface area contributed by atoms with Gasteiger partial charge in [0.25, 0.3) is 0 Å². The summed E-state index contributed by atoms with van der Waals surface area (Å²) >= 11 is 3.44. The lowest BCUT2D eigenvalue weighted by Crippen LogP contribution is -2.52. The first kappa shape index (κ1) is 30.3. The zero-order valence-electron chi connectivity index (χ0n) is 22.8. The standard InChI is InChI=1S/C29H33BrN4O6/c1-37-23-11-10-19(13-24(23)38-2)17-32-28(36)22(12-18-8-6-5-7-9-18)33-29(31)34-27(35)15-20-14-25(39-3)26(40-4)16-21(20)30/h5-11,13-14,16,22H,12,15,17H2,1-4H3,(H,32,36)(H3,31,33,34,35)/t22-/m1/s1. The van der Waals surface area contributed by atoms with Gasteiger partial charge in [0.2, 0.25) is 11.8 Å². The van der Waals surface area contributed by atoms with Gasteiger partial charge in [-0.05, 0) is 41.0 Å². The van der Waals surface area contributed by atoms with E-state index in [1.165, 1.54) is 14.2 Å². The third kappa shape index (κ3) is 8.37. The molecule has 0 saturated heterocycles. The highest BCUT2D eigenvalue weighted by Crippen LogP contribution is 2.33. The van der Waals surface area contributed by atoms with E-state index in [1.54, 1.807) is 38.5 Å². The van der Waals surface area contributed by atoms with Crippen molar-refractivity contribution < 1.29 is 28.5 Å². The molecular formula is C29H33BrN4O6. The van der Waals surface area contributed by atoms with Crippen LogP contribution in [0.15, 0.2) is 65.1 Å². The largest absolute Gasteiger partial charge is 0.493 e.